The molecule has 4 rings (SSSR count). The van der Waals surface area contributed by atoms with Crippen LogP contribution in [0, 0.1) is 0 Å². The van der Waals surface area contributed by atoms with E-state index in [1.54, 1.807) is 12.1 Å². The van der Waals surface area contributed by atoms with Gasteiger partial charge < -0.3 is 10.2 Å². The molecule has 2 aromatic carbocycles. The molecule has 0 saturated carbocycles. The minimum absolute atomic E-state index is 0.257. The van der Waals surface area contributed by atoms with E-state index in [4.69, 9.17) is 0 Å². The lowest BCUT2D eigenvalue weighted by molar-refractivity contribution is 0.0652. The van der Waals surface area contributed by atoms with Crippen LogP contribution in [0.2, 0.25) is 0 Å². The van der Waals surface area contributed by atoms with Crippen molar-refractivity contribution in [3.8, 4) is 0 Å². The highest BCUT2D eigenvalue weighted by molar-refractivity contribution is 6.22. The van der Waals surface area contributed by atoms with Gasteiger partial charge in [0.1, 0.15) is 0 Å². The summed E-state index contributed by atoms with van der Waals surface area (Å²) in [5.41, 5.74) is 3.38. The van der Waals surface area contributed by atoms with Crippen LogP contribution < -0.4 is 5.32 Å². The molecule has 34 heavy (non-hydrogen) atoms. The maximum Gasteiger partial charge on any atom is 0.261 e. The summed E-state index contributed by atoms with van der Waals surface area (Å²) in [6.07, 6.45) is 1.67. The van der Waals surface area contributed by atoms with Gasteiger partial charge in [0, 0.05) is 51.4 Å². The zero-order valence-electron chi connectivity index (χ0n) is 20.2. The number of hydrogen-bond donors (Lipinski definition) is 1. The number of imide groups is 1. The van der Waals surface area contributed by atoms with Gasteiger partial charge in [0.25, 0.3) is 17.7 Å². The number of amides is 3. The standard InChI is InChI=1S/C27H34N4O3/c1-3-5-12-31-26(33)23-11-10-22(17-24(23)27(31)34)25(32)28-18-20-6-8-21(9-7-20)19-30-15-13-29(4-2)14-16-30/h6-11,17H,3-5,12-16,18-19H2,1-2H3,(H,28,32). The lowest BCUT2D eigenvalue weighted by Gasteiger charge is -2.34. The number of unbranched alkanes of at least 4 members (excludes halogenated alkanes) is 1. The minimum Gasteiger partial charge on any atom is -0.348 e. The first-order valence-electron chi connectivity index (χ1n) is 12.3. The maximum absolute atomic E-state index is 12.7. The highest BCUT2D eigenvalue weighted by atomic mass is 16.2. The van der Waals surface area contributed by atoms with Gasteiger partial charge in [0.15, 0.2) is 0 Å². The molecule has 2 aromatic rings. The smallest absolute Gasteiger partial charge is 0.261 e. The van der Waals surface area contributed by atoms with Crippen molar-refractivity contribution in [2.75, 3.05) is 39.3 Å². The van der Waals surface area contributed by atoms with Gasteiger partial charge in [-0.25, -0.2) is 0 Å². The van der Waals surface area contributed by atoms with E-state index >= 15 is 0 Å². The molecule has 180 valence electrons. The molecule has 0 atom stereocenters. The Morgan fingerprint density at radius 1 is 0.853 bits per heavy atom. The Balaban J connectivity index is 1.31. The van der Waals surface area contributed by atoms with Gasteiger partial charge in [-0.3, -0.25) is 24.2 Å². The van der Waals surface area contributed by atoms with E-state index in [2.05, 4.69) is 46.3 Å². The Labute approximate surface area is 201 Å². The fraction of sp³-hybridized carbons (Fsp3) is 0.444. The van der Waals surface area contributed by atoms with E-state index in [-0.39, 0.29) is 17.7 Å². The zero-order chi connectivity index (χ0) is 24.1. The first-order chi connectivity index (χ1) is 16.5. The first kappa shape index (κ1) is 24.1. The number of fused-ring (bicyclic) bond motifs is 1. The summed E-state index contributed by atoms with van der Waals surface area (Å²) in [6, 6.07) is 13.1. The molecule has 0 aromatic heterocycles. The second-order valence-corrected chi connectivity index (χ2v) is 9.09. The topological polar surface area (TPSA) is 73.0 Å². The summed E-state index contributed by atoms with van der Waals surface area (Å²) in [6.45, 7) is 11.5. The lowest BCUT2D eigenvalue weighted by atomic mass is 10.1. The molecule has 0 radical (unpaired) electrons. The van der Waals surface area contributed by atoms with Crippen molar-refractivity contribution in [1.82, 2.24) is 20.0 Å². The Kier molecular flexibility index (Phi) is 7.75. The van der Waals surface area contributed by atoms with Crippen molar-refractivity contribution in [2.24, 2.45) is 0 Å². The molecular formula is C27H34N4O3. The summed E-state index contributed by atoms with van der Waals surface area (Å²) in [4.78, 5) is 44.1. The Morgan fingerprint density at radius 2 is 1.50 bits per heavy atom. The Hall–Kier alpha value is -3.03. The van der Waals surface area contributed by atoms with Gasteiger partial charge in [-0.1, -0.05) is 44.5 Å². The monoisotopic (exact) mass is 462 g/mol. The average Bonchev–Trinajstić information content (AvgIpc) is 3.11. The van der Waals surface area contributed by atoms with E-state index in [9.17, 15) is 14.4 Å². The molecule has 7 nitrogen and oxygen atoms in total. The van der Waals surface area contributed by atoms with Crippen molar-refractivity contribution < 1.29 is 14.4 Å². The zero-order valence-corrected chi connectivity index (χ0v) is 20.2. The van der Waals surface area contributed by atoms with Crippen LogP contribution in [0.3, 0.4) is 0 Å². The highest BCUT2D eigenvalue weighted by Crippen LogP contribution is 2.24. The molecule has 3 amide bonds. The summed E-state index contributed by atoms with van der Waals surface area (Å²) in [5, 5.41) is 2.93. The molecule has 1 fully saturated rings. The molecular weight excluding hydrogens is 428 g/mol. The van der Waals surface area contributed by atoms with E-state index in [1.165, 1.54) is 16.5 Å². The number of likely N-dealkylation sites (N-methyl/N-ethyl adjacent to an activating group) is 1. The Morgan fingerprint density at radius 3 is 2.18 bits per heavy atom. The van der Waals surface area contributed by atoms with Gasteiger partial charge in [0.05, 0.1) is 11.1 Å². The number of benzene rings is 2. The van der Waals surface area contributed by atoms with Crippen LogP contribution in [-0.2, 0) is 13.1 Å². The van der Waals surface area contributed by atoms with Crippen LogP contribution in [0.25, 0.3) is 0 Å². The van der Waals surface area contributed by atoms with E-state index < -0.39 is 0 Å². The second kappa shape index (κ2) is 10.9. The van der Waals surface area contributed by atoms with E-state index in [0.717, 1.165) is 57.7 Å². The number of nitrogens with zero attached hydrogens (tertiary/aromatic N) is 3. The van der Waals surface area contributed by atoms with E-state index in [1.807, 2.05) is 6.92 Å². The van der Waals surface area contributed by atoms with Crippen LogP contribution >= 0.6 is 0 Å². The fourth-order valence-corrected chi connectivity index (χ4v) is 4.52. The third kappa shape index (κ3) is 5.37. The number of hydrogen-bond acceptors (Lipinski definition) is 5. The van der Waals surface area contributed by atoms with Crippen LogP contribution in [0.4, 0.5) is 0 Å². The molecule has 0 bridgehead atoms. The summed E-state index contributed by atoms with van der Waals surface area (Å²) < 4.78 is 0. The van der Waals surface area contributed by atoms with Crippen LogP contribution in [0.5, 0.6) is 0 Å². The van der Waals surface area contributed by atoms with Crippen molar-refractivity contribution in [1.29, 1.82) is 0 Å². The van der Waals surface area contributed by atoms with Crippen LogP contribution in [0.15, 0.2) is 42.5 Å². The number of nitrogens with one attached hydrogen (secondary N) is 1. The quantitative estimate of drug-likeness (QED) is 0.580. The molecule has 0 spiro atoms. The molecule has 0 unspecified atom stereocenters. The van der Waals surface area contributed by atoms with Gasteiger partial charge >= 0.3 is 0 Å². The summed E-state index contributed by atoms with van der Waals surface area (Å²) in [7, 11) is 0. The number of rotatable bonds is 9. The third-order valence-corrected chi connectivity index (χ3v) is 6.76. The van der Waals surface area contributed by atoms with Crippen LogP contribution in [0.1, 0.15) is 68.9 Å². The van der Waals surface area contributed by atoms with Gasteiger partial charge in [-0.15, -0.1) is 0 Å². The van der Waals surface area contributed by atoms with Gasteiger partial charge in [-0.2, -0.15) is 0 Å². The number of carbonyl (C=O) groups is 3. The van der Waals surface area contributed by atoms with Crippen molar-refractivity contribution in [3.63, 3.8) is 0 Å². The second-order valence-electron chi connectivity index (χ2n) is 9.09. The first-order valence-corrected chi connectivity index (χ1v) is 12.3. The average molecular weight is 463 g/mol. The molecule has 2 aliphatic rings. The molecule has 1 N–H and O–H groups in total. The predicted octanol–water partition coefficient (Wildman–Crippen LogP) is 3.15. The van der Waals surface area contributed by atoms with Crippen molar-refractivity contribution in [2.45, 2.75) is 39.8 Å². The maximum atomic E-state index is 12.7. The van der Waals surface area contributed by atoms with Gasteiger partial charge in [0.2, 0.25) is 0 Å². The van der Waals surface area contributed by atoms with Crippen LogP contribution in [-0.4, -0.2) is 71.7 Å². The van der Waals surface area contributed by atoms with Crippen molar-refractivity contribution in [3.05, 3.63) is 70.3 Å². The minimum atomic E-state index is -0.310. The largest absolute Gasteiger partial charge is 0.348 e. The SMILES string of the molecule is CCCCN1C(=O)c2ccc(C(=O)NCc3ccc(CN4CCN(CC)CC4)cc3)cc2C1=O. The van der Waals surface area contributed by atoms with Gasteiger partial charge in [-0.05, 0) is 42.3 Å². The van der Waals surface area contributed by atoms with Crippen molar-refractivity contribution >= 4 is 17.7 Å². The van der Waals surface area contributed by atoms with E-state index in [0.29, 0.717) is 29.8 Å². The molecule has 0 aliphatic carbocycles. The number of carbonyl (C=O) groups excluding carboxylic acids is 3. The highest BCUT2D eigenvalue weighted by Gasteiger charge is 2.35. The molecule has 2 aliphatic heterocycles. The third-order valence-electron chi connectivity index (χ3n) is 6.76. The number of piperazine rings is 1. The normalized spacial score (nSPS) is 16.7. The summed E-state index contributed by atoms with van der Waals surface area (Å²) in [5.74, 6) is -0.838. The predicted molar refractivity (Wildman–Crippen MR) is 132 cm³/mol. The fourth-order valence-electron chi connectivity index (χ4n) is 4.52. The summed E-state index contributed by atoms with van der Waals surface area (Å²) >= 11 is 0. The Bertz CT molecular complexity index is 1040. The molecule has 2 heterocycles. The molecule has 1 saturated heterocycles. The lowest BCUT2D eigenvalue weighted by Crippen LogP contribution is -2.45. The molecule has 7 heteroatoms.